The van der Waals surface area contributed by atoms with Crippen LogP contribution in [0.1, 0.15) is 51.5 Å². The Bertz CT molecular complexity index is 1040. The molecule has 7 nitrogen and oxygen atoms in total. The molecule has 0 aliphatic heterocycles. The molecule has 2 aromatic rings. The number of H-pyrrole nitrogens is 1. The van der Waals surface area contributed by atoms with Crippen LogP contribution in [-0.2, 0) is 11.3 Å². The van der Waals surface area contributed by atoms with Crippen molar-refractivity contribution in [2.24, 2.45) is 0 Å². The van der Waals surface area contributed by atoms with Crippen molar-refractivity contribution in [2.75, 3.05) is 17.2 Å². The Hall–Kier alpha value is -3.23. The van der Waals surface area contributed by atoms with Crippen molar-refractivity contribution in [3.63, 3.8) is 0 Å². The lowest BCUT2D eigenvalue weighted by molar-refractivity contribution is -0.114. The second-order valence-corrected chi connectivity index (χ2v) is 7.16. The topological polar surface area (TPSA) is 101 Å². The molecule has 168 valence electrons. The second-order valence-electron chi connectivity index (χ2n) is 7.16. The van der Waals surface area contributed by atoms with Gasteiger partial charge in [0.15, 0.2) is 5.69 Å². The Balaban J connectivity index is 2.49. The lowest BCUT2D eigenvalue weighted by Crippen LogP contribution is -2.41. The molecule has 31 heavy (non-hydrogen) atoms. The minimum Gasteiger partial charge on any atom is -0.383 e. The lowest BCUT2D eigenvalue weighted by atomic mass is 10.1. The SMILES string of the molecule is CCCCCN(C(=O)/C=C/c1c(F)cccc1F)c1c(N)n(CCCC)c(=O)[nH]c1=O. The zero-order chi connectivity index (χ0) is 23.0. The monoisotopic (exact) mass is 434 g/mol. The number of aromatic nitrogens is 2. The van der Waals surface area contributed by atoms with Crippen molar-refractivity contribution < 1.29 is 13.6 Å². The van der Waals surface area contributed by atoms with Crippen molar-refractivity contribution in [2.45, 2.75) is 52.5 Å². The molecule has 0 atom stereocenters. The average Bonchev–Trinajstić information content (AvgIpc) is 2.72. The van der Waals surface area contributed by atoms with Crippen LogP contribution in [0.25, 0.3) is 6.08 Å². The van der Waals surface area contributed by atoms with Gasteiger partial charge < -0.3 is 10.6 Å². The van der Waals surface area contributed by atoms with E-state index >= 15 is 0 Å². The van der Waals surface area contributed by atoms with Gasteiger partial charge in [0.05, 0.1) is 0 Å². The molecule has 1 heterocycles. The van der Waals surface area contributed by atoms with Crippen molar-refractivity contribution in [3.8, 4) is 0 Å². The first-order chi connectivity index (χ1) is 14.8. The van der Waals surface area contributed by atoms with Crippen LogP contribution < -0.4 is 21.9 Å². The summed E-state index contributed by atoms with van der Waals surface area (Å²) in [6, 6.07) is 3.39. The number of halogens is 2. The van der Waals surface area contributed by atoms with Gasteiger partial charge in [-0.15, -0.1) is 0 Å². The molecule has 0 aliphatic rings. The van der Waals surface area contributed by atoms with E-state index in [1.54, 1.807) is 0 Å². The van der Waals surface area contributed by atoms with Gasteiger partial charge in [0.1, 0.15) is 17.5 Å². The molecule has 2 rings (SSSR count). The van der Waals surface area contributed by atoms with E-state index in [9.17, 15) is 23.2 Å². The molecular formula is C22H28F2N4O3. The van der Waals surface area contributed by atoms with Crippen LogP contribution >= 0.6 is 0 Å². The highest BCUT2D eigenvalue weighted by molar-refractivity contribution is 6.05. The Morgan fingerprint density at radius 2 is 1.77 bits per heavy atom. The van der Waals surface area contributed by atoms with Gasteiger partial charge >= 0.3 is 5.69 Å². The second kappa shape index (κ2) is 11.2. The van der Waals surface area contributed by atoms with Gasteiger partial charge in [-0.25, -0.2) is 13.6 Å². The Kier molecular flexibility index (Phi) is 8.72. The van der Waals surface area contributed by atoms with E-state index < -0.39 is 28.8 Å². The third-order valence-electron chi connectivity index (χ3n) is 4.86. The van der Waals surface area contributed by atoms with Gasteiger partial charge in [-0.2, -0.15) is 0 Å². The molecule has 3 N–H and O–H groups in total. The minimum atomic E-state index is -0.813. The fourth-order valence-electron chi connectivity index (χ4n) is 3.14. The number of carbonyl (C=O) groups is 1. The third kappa shape index (κ3) is 5.90. The number of nitrogen functional groups attached to an aromatic ring is 1. The van der Waals surface area contributed by atoms with E-state index in [0.717, 1.165) is 48.4 Å². The largest absolute Gasteiger partial charge is 0.383 e. The van der Waals surface area contributed by atoms with Gasteiger partial charge in [-0.1, -0.05) is 39.2 Å². The summed E-state index contributed by atoms with van der Waals surface area (Å²) < 4.78 is 29.0. The van der Waals surface area contributed by atoms with E-state index in [0.29, 0.717) is 12.8 Å². The molecule has 9 heteroatoms. The highest BCUT2D eigenvalue weighted by atomic mass is 19.1. The summed E-state index contributed by atoms with van der Waals surface area (Å²) in [6.07, 6.45) is 5.73. The number of anilines is 2. The Morgan fingerprint density at radius 1 is 1.13 bits per heavy atom. The number of hydrogen-bond acceptors (Lipinski definition) is 4. The number of nitrogens with zero attached hydrogens (tertiary/aromatic N) is 2. The number of nitrogens with two attached hydrogens (primary N) is 1. The molecule has 0 unspecified atom stereocenters. The summed E-state index contributed by atoms with van der Waals surface area (Å²) in [5.74, 6) is -2.41. The number of nitrogens with one attached hydrogen (secondary N) is 1. The van der Waals surface area contributed by atoms with Gasteiger partial charge in [-0.05, 0) is 31.1 Å². The molecule has 1 aromatic carbocycles. The number of aromatic amines is 1. The maximum absolute atomic E-state index is 13.9. The number of benzene rings is 1. The summed E-state index contributed by atoms with van der Waals surface area (Å²) in [5.41, 5.74) is 4.19. The molecule has 1 aromatic heterocycles. The van der Waals surface area contributed by atoms with Gasteiger partial charge in [-0.3, -0.25) is 19.1 Å². The minimum absolute atomic E-state index is 0.113. The van der Waals surface area contributed by atoms with Crippen LogP contribution in [0, 0.1) is 11.6 Å². The number of rotatable bonds is 10. The van der Waals surface area contributed by atoms with Crippen LogP contribution in [0.2, 0.25) is 0 Å². The normalized spacial score (nSPS) is 11.2. The fourth-order valence-corrected chi connectivity index (χ4v) is 3.14. The first-order valence-corrected chi connectivity index (χ1v) is 10.4. The smallest absolute Gasteiger partial charge is 0.330 e. The van der Waals surface area contributed by atoms with Crippen LogP contribution in [0.5, 0.6) is 0 Å². The van der Waals surface area contributed by atoms with Crippen molar-refractivity contribution in [3.05, 3.63) is 62.3 Å². The summed E-state index contributed by atoms with van der Waals surface area (Å²) >= 11 is 0. The zero-order valence-electron chi connectivity index (χ0n) is 17.8. The maximum Gasteiger partial charge on any atom is 0.330 e. The molecule has 0 aliphatic carbocycles. The van der Waals surface area contributed by atoms with Crippen LogP contribution in [0.4, 0.5) is 20.3 Å². The molecular weight excluding hydrogens is 406 g/mol. The first-order valence-electron chi connectivity index (χ1n) is 10.4. The summed E-state index contributed by atoms with van der Waals surface area (Å²) in [7, 11) is 0. The van der Waals surface area contributed by atoms with Gasteiger partial charge in [0.25, 0.3) is 11.5 Å². The predicted molar refractivity (Wildman–Crippen MR) is 118 cm³/mol. The van der Waals surface area contributed by atoms with E-state index in [2.05, 4.69) is 4.98 Å². The number of hydrogen-bond donors (Lipinski definition) is 2. The summed E-state index contributed by atoms with van der Waals surface area (Å²) in [5, 5.41) is 0. The predicted octanol–water partition coefficient (Wildman–Crippen LogP) is 3.43. The van der Waals surface area contributed by atoms with E-state index in [-0.39, 0.29) is 30.2 Å². The Morgan fingerprint density at radius 3 is 2.39 bits per heavy atom. The summed E-state index contributed by atoms with van der Waals surface area (Å²) in [4.78, 5) is 41.1. The van der Waals surface area contributed by atoms with Crippen molar-refractivity contribution >= 4 is 23.5 Å². The Labute approximate surface area is 179 Å². The first kappa shape index (κ1) is 24.0. The zero-order valence-corrected chi connectivity index (χ0v) is 17.8. The highest BCUT2D eigenvalue weighted by Crippen LogP contribution is 2.20. The number of amides is 1. The van der Waals surface area contributed by atoms with Crippen molar-refractivity contribution in [1.29, 1.82) is 0 Å². The lowest BCUT2D eigenvalue weighted by Gasteiger charge is -2.23. The van der Waals surface area contributed by atoms with Crippen molar-refractivity contribution in [1.82, 2.24) is 9.55 Å². The van der Waals surface area contributed by atoms with E-state index in [1.807, 2.05) is 13.8 Å². The number of carbonyl (C=O) groups excluding carboxylic acids is 1. The van der Waals surface area contributed by atoms with Crippen LogP contribution in [0.3, 0.4) is 0 Å². The maximum atomic E-state index is 13.9. The molecule has 0 saturated carbocycles. The molecule has 0 saturated heterocycles. The summed E-state index contributed by atoms with van der Waals surface area (Å²) in [6.45, 7) is 4.38. The standard InChI is InChI=1S/C22H28F2N4O3/c1-3-5-7-14-27(18(29)12-11-15-16(23)9-8-10-17(15)24)19-20(25)28(13-6-4-2)22(31)26-21(19)30/h8-12H,3-7,13-14,25H2,1-2H3,(H,26,30,31)/b12-11+. The quantitative estimate of drug-likeness (QED) is 0.442. The fraction of sp³-hybridized carbons (Fsp3) is 0.409. The van der Waals surface area contributed by atoms with Crippen LogP contribution in [-0.4, -0.2) is 22.0 Å². The molecule has 0 bridgehead atoms. The molecule has 0 radical (unpaired) electrons. The molecule has 0 fully saturated rings. The highest BCUT2D eigenvalue weighted by Gasteiger charge is 2.22. The molecule has 0 spiro atoms. The average molecular weight is 434 g/mol. The number of unbranched alkanes of at least 4 members (excludes halogenated alkanes) is 3. The van der Waals surface area contributed by atoms with Gasteiger partial charge in [0, 0.05) is 24.7 Å². The van der Waals surface area contributed by atoms with Crippen LogP contribution in [0.15, 0.2) is 33.9 Å². The third-order valence-corrected chi connectivity index (χ3v) is 4.86. The molecule has 1 amide bonds. The van der Waals surface area contributed by atoms with E-state index in [1.165, 1.54) is 10.6 Å². The van der Waals surface area contributed by atoms with Gasteiger partial charge in [0.2, 0.25) is 0 Å². The van der Waals surface area contributed by atoms with E-state index in [4.69, 9.17) is 5.73 Å².